The number of nitrogens with zero attached hydrogens (tertiary/aromatic N) is 2. The van der Waals surface area contributed by atoms with Crippen LogP contribution in [-0.4, -0.2) is 29.9 Å². The number of hydrogen-bond acceptors (Lipinski definition) is 5. The minimum Gasteiger partial charge on any atom is -0.332 e. The molecule has 10 heteroatoms. The van der Waals surface area contributed by atoms with E-state index in [1.807, 2.05) is 0 Å². The smallest absolute Gasteiger partial charge is 0.332 e. The number of nitrogens with two attached hydrogens (primary N) is 1. The third-order valence-corrected chi connectivity index (χ3v) is 6.63. The summed E-state index contributed by atoms with van der Waals surface area (Å²) < 4.78 is 42.4. The first-order valence-electron chi connectivity index (χ1n) is 8.41. The van der Waals surface area contributed by atoms with Crippen LogP contribution in [0.5, 0.6) is 0 Å². The number of aromatic nitrogens is 2. The summed E-state index contributed by atoms with van der Waals surface area (Å²) >= 11 is 0. The number of halogens is 1. The summed E-state index contributed by atoms with van der Waals surface area (Å²) in [6.45, 7) is -0.349. The summed E-state index contributed by atoms with van der Waals surface area (Å²) in [7, 11) is -3.99. The molecule has 0 atom stereocenters. The monoisotopic (exact) mass is 382 g/mol. The van der Waals surface area contributed by atoms with Crippen molar-refractivity contribution in [3.8, 4) is 0 Å². The second kappa shape index (κ2) is 5.65. The molecule has 8 nitrogen and oxygen atoms in total. The molecule has 0 spiro atoms. The first-order valence-corrected chi connectivity index (χ1v) is 9.89. The number of rotatable bonds is 6. The number of sulfonamides is 1. The van der Waals surface area contributed by atoms with Crippen LogP contribution < -0.4 is 21.8 Å². The van der Waals surface area contributed by atoms with Gasteiger partial charge in [0, 0.05) is 6.54 Å². The van der Waals surface area contributed by atoms with Crippen molar-refractivity contribution >= 4 is 20.9 Å². The molecule has 140 valence electrons. The molecule has 2 fully saturated rings. The normalized spacial score (nSPS) is 19.0. The number of alkyl halides is 1. The number of benzene rings is 1. The van der Waals surface area contributed by atoms with Crippen molar-refractivity contribution in [2.24, 2.45) is 5.92 Å². The molecule has 2 aliphatic rings. The highest BCUT2D eigenvalue weighted by Gasteiger charge is 2.46. The summed E-state index contributed by atoms with van der Waals surface area (Å²) in [4.78, 5) is 24.5. The Morgan fingerprint density at radius 1 is 1.27 bits per heavy atom. The van der Waals surface area contributed by atoms with Crippen LogP contribution in [0.1, 0.15) is 25.7 Å². The fraction of sp³-hybridized carbons (Fsp3) is 0.500. The van der Waals surface area contributed by atoms with Crippen molar-refractivity contribution in [2.75, 3.05) is 12.5 Å². The fourth-order valence-corrected chi connectivity index (χ4v) is 4.50. The molecule has 2 aromatic rings. The maximum absolute atomic E-state index is 13.0. The Hall–Kier alpha value is -2.20. The van der Waals surface area contributed by atoms with Gasteiger partial charge in [0.05, 0.1) is 21.3 Å². The number of nitrogens with one attached hydrogen (secondary N) is 1. The SMILES string of the molecule is Nn1c(=O)c2cc(S(=O)(=O)NC3(CF)CC3)ccc2n(CC2CC2)c1=O. The summed E-state index contributed by atoms with van der Waals surface area (Å²) in [5.41, 5.74) is -2.08. The Bertz CT molecular complexity index is 1110. The lowest BCUT2D eigenvalue weighted by Gasteiger charge is -2.15. The van der Waals surface area contributed by atoms with Gasteiger partial charge in [0.25, 0.3) is 5.56 Å². The van der Waals surface area contributed by atoms with Gasteiger partial charge in [0.1, 0.15) is 6.67 Å². The van der Waals surface area contributed by atoms with Gasteiger partial charge in [-0.2, -0.15) is 4.68 Å². The van der Waals surface area contributed by atoms with Crippen molar-refractivity contribution in [3.05, 3.63) is 39.0 Å². The second-order valence-electron chi connectivity index (χ2n) is 7.21. The minimum absolute atomic E-state index is 0.0423. The molecule has 26 heavy (non-hydrogen) atoms. The van der Waals surface area contributed by atoms with Crippen molar-refractivity contribution in [2.45, 2.75) is 42.7 Å². The zero-order valence-corrected chi connectivity index (χ0v) is 14.8. The highest BCUT2D eigenvalue weighted by molar-refractivity contribution is 7.89. The highest BCUT2D eigenvalue weighted by atomic mass is 32.2. The molecule has 1 heterocycles. The summed E-state index contributed by atoms with van der Waals surface area (Å²) in [5.74, 6) is 5.95. The predicted molar refractivity (Wildman–Crippen MR) is 93.6 cm³/mol. The van der Waals surface area contributed by atoms with Crippen LogP contribution in [0.15, 0.2) is 32.7 Å². The highest BCUT2D eigenvalue weighted by Crippen LogP contribution is 2.37. The third-order valence-electron chi connectivity index (χ3n) is 5.05. The van der Waals surface area contributed by atoms with E-state index in [1.165, 1.54) is 22.8 Å². The summed E-state index contributed by atoms with van der Waals surface area (Å²) in [6, 6.07) is 3.95. The lowest BCUT2D eigenvalue weighted by atomic mass is 10.2. The van der Waals surface area contributed by atoms with Crippen molar-refractivity contribution in [3.63, 3.8) is 0 Å². The zero-order chi connectivity index (χ0) is 18.7. The standard InChI is InChI=1S/C16H19FN4O4S/c17-9-16(5-6-16)19-26(24,25)11-3-4-13-12(7-11)14(22)21(18)15(23)20(13)8-10-1-2-10/h3-4,7,10,19H,1-2,5-6,8-9,18H2. The van der Waals surface area contributed by atoms with Crippen molar-refractivity contribution in [1.82, 2.24) is 14.0 Å². The van der Waals surface area contributed by atoms with Crippen LogP contribution in [0, 0.1) is 5.92 Å². The lowest BCUT2D eigenvalue weighted by molar-refractivity contribution is 0.393. The fourth-order valence-electron chi connectivity index (χ4n) is 3.03. The van der Waals surface area contributed by atoms with Crippen LogP contribution in [0.4, 0.5) is 4.39 Å². The molecular formula is C16H19FN4O4S. The Labute approximate surface area is 148 Å². The molecule has 0 bridgehead atoms. The van der Waals surface area contributed by atoms with E-state index in [0.717, 1.165) is 12.8 Å². The van der Waals surface area contributed by atoms with E-state index in [-0.39, 0.29) is 10.3 Å². The van der Waals surface area contributed by atoms with Crippen LogP contribution in [0.25, 0.3) is 10.9 Å². The first-order chi connectivity index (χ1) is 12.3. The minimum atomic E-state index is -3.99. The van der Waals surface area contributed by atoms with Gasteiger partial charge in [-0.1, -0.05) is 0 Å². The largest absolute Gasteiger partial charge is 0.350 e. The number of nitrogen functional groups attached to an aromatic ring is 1. The van der Waals surface area contributed by atoms with Gasteiger partial charge in [0.15, 0.2) is 0 Å². The molecule has 2 saturated carbocycles. The average Bonchev–Trinajstić information content (AvgIpc) is 3.53. The number of hydrogen-bond donors (Lipinski definition) is 2. The second-order valence-corrected chi connectivity index (χ2v) is 8.89. The van der Waals surface area contributed by atoms with Gasteiger partial charge >= 0.3 is 5.69 Å². The maximum Gasteiger partial charge on any atom is 0.350 e. The maximum atomic E-state index is 13.0. The van der Waals surface area contributed by atoms with Gasteiger partial charge in [0.2, 0.25) is 10.0 Å². The Morgan fingerprint density at radius 3 is 2.54 bits per heavy atom. The Balaban J connectivity index is 1.84. The molecule has 0 amide bonds. The van der Waals surface area contributed by atoms with E-state index in [1.54, 1.807) is 0 Å². The lowest BCUT2D eigenvalue weighted by Crippen LogP contribution is -2.45. The number of fused-ring (bicyclic) bond motifs is 1. The molecule has 0 unspecified atom stereocenters. The van der Waals surface area contributed by atoms with Crippen LogP contribution >= 0.6 is 0 Å². The third kappa shape index (κ3) is 2.82. The molecule has 0 radical (unpaired) electrons. The molecular weight excluding hydrogens is 363 g/mol. The van der Waals surface area contributed by atoms with Gasteiger partial charge in [-0.15, -0.1) is 0 Å². The van der Waals surface area contributed by atoms with Crippen molar-refractivity contribution in [1.29, 1.82) is 0 Å². The van der Waals surface area contributed by atoms with E-state index in [2.05, 4.69) is 4.72 Å². The van der Waals surface area contributed by atoms with Gasteiger partial charge in [-0.3, -0.25) is 9.36 Å². The van der Waals surface area contributed by atoms with E-state index in [0.29, 0.717) is 35.5 Å². The Kier molecular flexibility index (Phi) is 3.74. The van der Waals surface area contributed by atoms with E-state index < -0.39 is 33.5 Å². The molecule has 0 saturated heterocycles. The molecule has 1 aromatic carbocycles. The molecule has 1 aromatic heterocycles. The zero-order valence-electron chi connectivity index (χ0n) is 13.9. The average molecular weight is 382 g/mol. The topological polar surface area (TPSA) is 116 Å². The van der Waals surface area contributed by atoms with Crippen molar-refractivity contribution < 1.29 is 12.8 Å². The van der Waals surface area contributed by atoms with Crippen LogP contribution in [-0.2, 0) is 16.6 Å². The van der Waals surface area contributed by atoms with E-state index in [4.69, 9.17) is 5.84 Å². The Morgan fingerprint density at radius 2 is 1.96 bits per heavy atom. The molecule has 0 aliphatic heterocycles. The van der Waals surface area contributed by atoms with Crippen LogP contribution in [0.3, 0.4) is 0 Å². The van der Waals surface area contributed by atoms with Gasteiger partial charge < -0.3 is 5.84 Å². The summed E-state index contributed by atoms with van der Waals surface area (Å²) in [6.07, 6.45) is 2.87. The van der Waals surface area contributed by atoms with Gasteiger partial charge in [-0.05, 0) is 49.8 Å². The molecule has 3 N–H and O–H groups in total. The first kappa shape index (κ1) is 17.2. The molecule has 4 rings (SSSR count). The summed E-state index contributed by atoms with van der Waals surface area (Å²) in [5, 5.41) is 0.0423. The van der Waals surface area contributed by atoms with Crippen LogP contribution in [0.2, 0.25) is 0 Å². The predicted octanol–water partition coefficient (Wildman–Crippen LogP) is 0.0674. The van der Waals surface area contributed by atoms with E-state index in [9.17, 15) is 22.4 Å². The quantitative estimate of drug-likeness (QED) is 0.686. The molecule has 2 aliphatic carbocycles. The van der Waals surface area contributed by atoms with E-state index >= 15 is 0 Å². The van der Waals surface area contributed by atoms with Gasteiger partial charge in [-0.25, -0.2) is 22.3 Å².